The van der Waals surface area contributed by atoms with Crippen LogP contribution in [0.4, 0.5) is 0 Å². The van der Waals surface area contributed by atoms with E-state index in [4.69, 9.17) is 14.2 Å². The van der Waals surface area contributed by atoms with Gasteiger partial charge >= 0.3 is 0 Å². The lowest BCUT2D eigenvalue weighted by atomic mass is 10.0. The zero-order valence-electron chi connectivity index (χ0n) is 11.4. The standard InChI is InChI=1S/C13H21NO3/c1-9-7-10(15-4)8-11(16-5)12(9)13(17-6)14(2)3/h7-8,13H,1-6H3. The lowest BCUT2D eigenvalue weighted by molar-refractivity contribution is -0.00743. The Labute approximate surface area is 103 Å². The zero-order valence-corrected chi connectivity index (χ0v) is 11.4. The van der Waals surface area contributed by atoms with E-state index in [9.17, 15) is 0 Å². The van der Waals surface area contributed by atoms with E-state index in [1.165, 1.54) is 0 Å². The highest BCUT2D eigenvalue weighted by atomic mass is 16.5. The van der Waals surface area contributed by atoms with Gasteiger partial charge in [-0.3, -0.25) is 4.90 Å². The monoisotopic (exact) mass is 239 g/mol. The fraction of sp³-hybridized carbons (Fsp3) is 0.538. The van der Waals surface area contributed by atoms with E-state index in [0.717, 1.165) is 22.6 Å². The van der Waals surface area contributed by atoms with Crippen molar-refractivity contribution in [3.05, 3.63) is 23.3 Å². The van der Waals surface area contributed by atoms with Crippen molar-refractivity contribution in [3.63, 3.8) is 0 Å². The lowest BCUT2D eigenvalue weighted by Crippen LogP contribution is -2.23. The highest BCUT2D eigenvalue weighted by Gasteiger charge is 2.21. The second kappa shape index (κ2) is 5.89. The van der Waals surface area contributed by atoms with Crippen LogP contribution in [-0.2, 0) is 4.74 Å². The van der Waals surface area contributed by atoms with Crippen LogP contribution in [0.25, 0.3) is 0 Å². The van der Waals surface area contributed by atoms with E-state index in [1.54, 1.807) is 21.3 Å². The fourth-order valence-corrected chi connectivity index (χ4v) is 1.92. The van der Waals surface area contributed by atoms with Gasteiger partial charge in [-0.15, -0.1) is 0 Å². The molecule has 1 rings (SSSR count). The predicted molar refractivity (Wildman–Crippen MR) is 67.7 cm³/mol. The lowest BCUT2D eigenvalue weighted by Gasteiger charge is -2.26. The first-order valence-corrected chi connectivity index (χ1v) is 5.46. The van der Waals surface area contributed by atoms with Crippen LogP contribution in [0.5, 0.6) is 11.5 Å². The van der Waals surface area contributed by atoms with E-state index in [-0.39, 0.29) is 6.23 Å². The van der Waals surface area contributed by atoms with Gasteiger partial charge < -0.3 is 14.2 Å². The third-order valence-corrected chi connectivity index (χ3v) is 2.72. The maximum absolute atomic E-state index is 5.50. The SMILES string of the molecule is COc1cc(C)c(C(OC)N(C)C)c(OC)c1. The Morgan fingerprint density at radius 2 is 1.71 bits per heavy atom. The number of nitrogens with zero attached hydrogens (tertiary/aromatic N) is 1. The minimum Gasteiger partial charge on any atom is -0.497 e. The zero-order chi connectivity index (χ0) is 13.0. The molecule has 0 aromatic heterocycles. The molecule has 0 spiro atoms. The Bertz CT molecular complexity index is 377. The van der Waals surface area contributed by atoms with Crippen LogP contribution >= 0.6 is 0 Å². The molecule has 0 bridgehead atoms. The molecule has 0 aliphatic carbocycles. The van der Waals surface area contributed by atoms with Gasteiger partial charge in [0.25, 0.3) is 0 Å². The molecule has 1 aromatic rings. The average molecular weight is 239 g/mol. The number of benzene rings is 1. The summed E-state index contributed by atoms with van der Waals surface area (Å²) in [6.45, 7) is 2.02. The van der Waals surface area contributed by atoms with Crippen molar-refractivity contribution in [2.75, 3.05) is 35.4 Å². The third kappa shape index (κ3) is 2.90. The Balaban J connectivity index is 3.30. The quantitative estimate of drug-likeness (QED) is 0.737. The van der Waals surface area contributed by atoms with Crippen LogP contribution in [0.1, 0.15) is 17.4 Å². The summed E-state index contributed by atoms with van der Waals surface area (Å²) in [6.07, 6.45) is -0.129. The molecule has 0 heterocycles. The summed E-state index contributed by atoms with van der Waals surface area (Å²) < 4.78 is 16.1. The summed E-state index contributed by atoms with van der Waals surface area (Å²) in [6, 6.07) is 3.85. The highest BCUT2D eigenvalue weighted by Crippen LogP contribution is 2.35. The molecular weight excluding hydrogens is 218 g/mol. The molecule has 0 N–H and O–H groups in total. The van der Waals surface area contributed by atoms with Crippen LogP contribution in [0, 0.1) is 6.92 Å². The van der Waals surface area contributed by atoms with Gasteiger partial charge in [0, 0.05) is 18.7 Å². The van der Waals surface area contributed by atoms with E-state index in [0.29, 0.717) is 0 Å². The Hall–Kier alpha value is -1.26. The van der Waals surface area contributed by atoms with Crippen molar-refractivity contribution in [2.24, 2.45) is 0 Å². The molecule has 0 aliphatic heterocycles. The van der Waals surface area contributed by atoms with Crippen molar-refractivity contribution in [1.29, 1.82) is 0 Å². The summed E-state index contributed by atoms with van der Waals surface area (Å²) in [5, 5.41) is 0. The van der Waals surface area contributed by atoms with Gasteiger partial charge in [0.15, 0.2) is 0 Å². The maximum atomic E-state index is 5.50. The van der Waals surface area contributed by atoms with Crippen LogP contribution in [-0.4, -0.2) is 40.3 Å². The summed E-state index contributed by atoms with van der Waals surface area (Å²) in [5.41, 5.74) is 2.11. The van der Waals surface area contributed by atoms with Gasteiger partial charge in [-0.2, -0.15) is 0 Å². The molecule has 0 saturated heterocycles. The average Bonchev–Trinajstić information content (AvgIpc) is 2.31. The topological polar surface area (TPSA) is 30.9 Å². The van der Waals surface area contributed by atoms with Crippen LogP contribution in [0.2, 0.25) is 0 Å². The summed E-state index contributed by atoms with van der Waals surface area (Å²) in [4.78, 5) is 2.00. The molecule has 1 atom stereocenters. The molecule has 0 amide bonds. The van der Waals surface area contributed by atoms with Gasteiger partial charge in [0.1, 0.15) is 17.7 Å². The Kier molecular flexibility index (Phi) is 4.78. The minimum absolute atomic E-state index is 0.129. The summed E-state index contributed by atoms with van der Waals surface area (Å²) in [7, 11) is 8.93. The second-order valence-electron chi connectivity index (χ2n) is 4.11. The van der Waals surface area contributed by atoms with Gasteiger partial charge in [-0.1, -0.05) is 0 Å². The molecule has 0 saturated carbocycles. The second-order valence-corrected chi connectivity index (χ2v) is 4.11. The van der Waals surface area contributed by atoms with Gasteiger partial charge in [-0.05, 0) is 32.6 Å². The first-order valence-electron chi connectivity index (χ1n) is 5.46. The first kappa shape index (κ1) is 13.8. The predicted octanol–water partition coefficient (Wildman–Crippen LogP) is 2.22. The first-order chi connectivity index (χ1) is 8.04. The highest BCUT2D eigenvalue weighted by molar-refractivity contribution is 5.47. The minimum atomic E-state index is -0.129. The number of aryl methyl sites for hydroxylation is 1. The van der Waals surface area contributed by atoms with Crippen molar-refractivity contribution in [2.45, 2.75) is 13.2 Å². The molecule has 0 fully saturated rings. The van der Waals surface area contributed by atoms with Crippen molar-refractivity contribution < 1.29 is 14.2 Å². The smallest absolute Gasteiger partial charge is 0.139 e. The van der Waals surface area contributed by atoms with E-state index < -0.39 is 0 Å². The molecule has 1 unspecified atom stereocenters. The fourth-order valence-electron chi connectivity index (χ4n) is 1.92. The summed E-state index contributed by atoms with van der Waals surface area (Å²) >= 11 is 0. The van der Waals surface area contributed by atoms with Gasteiger partial charge in [-0.25, -0.2) is 0 Å². The van der Waals surface area contributed by atoms with E-state index in [2.05, 4.69) is 0 Å². The van der Waals surface area contributed by atoms with E-state index in [1.807, 2.05) is 38.1 Å². The van der Waals surface area contributed by atoms with Crippen molar-refractivity contribution >= 4 is 0 Å². The number of rotatable bonds is 5. The molecule has 17 heavy (non-hydrogen) atoms. The van der Waals surface area contributed by atoms with Gasteiger partial charge in [0.05, 0.1) is 14.2 Å². The molecule has 96 valence electrons. The molecule has 1 aromatic carbocycles. The van der Waals surface area contributed by atoms with Crippen molar-refractivity contribution in [3.8, 4) is 11.5 Å². The number of hydrogen-bond acceptors (Lipinski definition) is 4. The van der Waals surface area contributed by atoms with Crippen LogP contribution < -0.4 is 9.47 Å². The summed E-state index contributed by atoms with van der Waals surface area (Å²) in [5.74, 6) is 1.57. The van der Waals surface area contributed by atoms with Gasteiger partial charge in [0.2, 0.25) is 0 Å². The molecule has 4 nitrogen and oxygen atoms in total. The Morgan fingerprint density at radius 3 is 2.12 bits per heavy atom. The molecular formula is C13H21NO3. The number of hydrogen-bond donors (Lipinski definition) is 0. The largest absolute Gasteiger partial charge is 0.497 e. The van der Waals surface area contributed by atoms with Crippen LogP contribution in [0.15, 0.2) is 12.1 Å². The van der Waals surface area contributed by atoms with E-state index >= 15 is 0 Å². The normalized spacial score (nSPS) is 12.6. The Morgan fingerprint density at radius 1 is 1.06 bits per heavy atom. The molecule has 0 radical (unpaired) electrons. The number of ether oxygens (including phenoxy) is 3. The van der Waals surface area contributed by atoms with Crippen LogP contribution in [0.3, 0.4) is 0 Å². The molecule has 0 aliphatic rings. The van der Waals surface area contributed by atoms with Crippen molar-refractivity contribution in [1.82, 2.24) is 4.90 Å². The number of methoxy groups -OCH3 is 3. The maximum Gasteiger partial charge on any atom is 0.139 e. The molecule has 4 heteroatoms. The third-order valence-electron chi connectivity index (χ3n) is 2.72.